The fourth-order valence-electron chi connectivity index (χ4n) is 1.24. The number of hydrogen-bond donors (Lipinski definition) is 1. The van der Waals surface area contributed by atoms with Crippen LogP contribution in [0.1, 0.15) is 33.6 Å². The van der Waals surface area contributed by atoms with Crippen molar-refractivity contribution >= 4 is 5.91 Å². The maximum absolute atomic E-state index is 11.4. The standard InChI is InChI=1S/C10H22N2O/c1-4-5-6-12(8-9(2)3)10(13)7-11/h9H,4-8,11H2,1-3H3. The molecule has 0 aromatic carbocycles. The fraction of sp³-hybridized carbons (Fsp3) is 0.900. The van der Waals surface area contributed by atoms with Crippen molar-refractivity contribution in [2.75, 3.05) is 19.6 Å². The minimum atomic E-state index is 0.0714. The molecule has 0 heterocycles. The second-order valence-electron chi connectivity index (χ2n) is 3.79. The lowest BCUT2D eigenvalue weighted by atomic mass is 10.2. The Morgan fingerprint density at radius 3 is 2.46 bits per heavy atom. The van der Waals surface area contributed by atoms with E-state index in [9.17, 15) is 4.79 Å². The van der Waals surface area contributed by atoms with Gasteiger partial charge in [0.15, 0.2) is 0 Å². The van der Waals surface area contributed by atoms with Crippen LogP contribution in [0.4, 0.5) is 0 Å². The summed E-state index contributed by atoms with van der Waals surface area (Å²) in [6, 6.07) is 0. The number of amides is 1. The summed E-state index contributed by atoms with van der Waals surface area (Å²) in [7, 11) is 0. The zero-order chi connectivity index (χ0) is 10.3. The van der Waals surface area contributed by atoms with Gasteiger partial charge < -0.3 is 10.6 Å². The molecule has 0 aromatic heterocycles. The molecule has 0 aromatic rings. The number of carbonyl (C=O) groups is 1. The van der Waals surface area contributed by atoms with E-state index < -0.39 is 0 Å². The van der Waals surface area contributed by atoms with Crippen LogP contribution in [-0.2, 0) is 4.79 Å². The normalized spacial score (nSPS) is 10.5. The average molecular weight is 186 g/mol. The molecular weight excluding hydrogens is 164 g/mol. The summed E-state index contributed by atoms with van der Waals surface area (Å²) in [6.07, 6.45) is 2.19. The van der Waals surface area contributed by atoms with Gasteiger partial charge in [0.1, 0.15) is 0 Å². The number of rotatable bonds is 6. The number of nitrogens with zero attached hydrogens (tertiary/aromatic N) is 1. The molecule has 0 aliphatic rings. The minimum absolute atomic E-state index is 0.0714. The third-order valence-corrected chi connectivity index (χ3v) is 1.89. The second kappa shape index (κ2) is 6.89. The van der Waals surface area contributed by atoms with Gasteiger partial charge in [-0.05, 0) is 12.3 Å². The molecule has 0 rings (SSSR count). The van der Waals surface area contributed by atoms with Crippen molar-refractivity contribution in [1.82, 2.24) is 4.90 Å². The van der Waals surface area contributed by atoms with Crippen molar-refractivity contribution in [3.63, 3.8) is 0 Å². The van der Waals surface area contributed by atoms with Crippen molar-refractivity contribution < 1.29 is 4.79 Å². The quantitative estimate of drug-likeness (QED) is 0.678. The van der Waals surface area contributed by atoms with Crippen LogP contribution in [0.2, 0.25) is 0 Å². The molecule has 0 saturated carbocycles. The monoisotopic (exact) mass is 186 g/mol. The maximum atomic E-state index is 11.4. The van der Waals surface area contributed by atoms with Gasteiger partial charge in [0, 0.05) is 13.1 Å². The Kier molecular flexibility index (Phi) is 6.59. The van der Waals surface area contributed by atoms with Gasteiger partial charge in [0.05, 0.1) is 6.54 Å². The van der Waals surface area contributed by atoms with Crippen LogP contribution in [-0.4, -0.2) is 30.4 Å². The van der Waals surface area contributed by atoms with E-state index in [1.165, 1.54) is 0 Å². The molecule has 78 valence electrons. The van der Waals surface area contributed by atoms with Crippen LogP contribution < -0.4 is 5.73 Å². The van der Waals surface area contributed by atoms with Crippen LogP contribution in [0.15, 0.2) is 0 Å². The van der Waals surface area contributed by atoms with Crippen LogP contribution in [0.5, 0.6) is 0 Å². The van der Waals surface area contributed by atoms with Crippen molar-refractivity contribution in [1.29, 1.82) is 0 Å². The molecule has 0 spiro atoms. The molecule has 0 saturated heterocycles. The Morgan fingerprint density at radius 1 is 1.46 bits per heavy atom. The van der Waals surface area contributed by atoms with Gasteiger partial charge in [-0.2, -0.15) is 0 Å². The maximum Gasteiger partial charge on any atom is 0.236 e. The summed E-state index contributed by atoms with van der Waals surface area (Å²) in [4.78, 5) is 13.2. The molecule has 3 nitrogen and oxygen atoms in total. The second-order valence-corrected chi connectivity index (χ2v) is 3.79. The molecule has 0 unspecified atom stereocenters. The first-order valence-electron chi connectivity index (χ1n) is 5.09. The van der Waals surface area contributed by atoms with Gasteiger partial charge in [0.25, 0.3) is 0 Å². The van der Waals surface area contributed by atoms with Crippen molar-refractivity contribution in [3.05, 3.63) is 0 Å². The van der Waals surface area contributed by atoms with Gasteiger partial charge in [-0.3, -0.25) is 4.79 Å². The van der Waals surface area contributed by atoms with Gasteiger partial charge in [-0.15, -0.1) is 0 Å². The van der Waals surface area contributed by atoms with E-state index in [1.54, 1.807) is 0 Å². The number of nitrogens with two attached hydrogens (primary N) is 1. The van der Waals surface area contributed by atoms with Crippen molar-refractivity contribution in [2.45, 2.75) is 33.6 Å². The van der Waals surface area contributed by atoms with Crippen molar-refractivity contribution in [2.24, 2.45) is 11.7 Å². The first-order chi connectivity index (χ1) is 6.11. The van der Waals surface area contributed by atoms with Crippen LogP contribution in [0.25, 0.3) is 0 Å². The zero-order valence-corrected chi connectivity index (χ0v) is 9.05. The summed E-state index contributed by atoms with van der Waals surface area (Å²) in [6.45, 7) is 8.17. The molecule has 13 heavy (non-hydrogen) atoms. The Morgan fingerprint density at radius 2 is 2.08 bits per heavy atom. The molecule has 0 fully saturated rings. The molecule has 0 bridgehead atoms. The number of carbonyl (C=O) groups excluding carboxylic acids is 1. The zero-order valence-electron chi connectivity index (χ0n) is 9.05. The molecule has 0 aliphatic carbocycles. The summed E-state index contributed by atoms with van der Waals surface area (Å²) >= 11 is 0. The lowest BCUT2D eigenvalue weighted by molar-refractivity contribution is -0.130. The van der Waals surface area contributed by atoms with Gasteiger partial charge in [-0.1, -0.05) is 27.2 Å². The molecule has 2 N–H and O–H groups in total. The molecular formula is C10H22N2O. The van der Waals surface area contributed by atoms with E-state index in [0.717, 1.165) is 25.9 Å². The molecule has 1 amide bonds. The van der Waals surface area contributed by atoms with E-state index in [4.69, 9.17) is 5.73 Å². The summed E-state index contributed by atoms with van der Waals surface area (Å²) in [5, 5.41) is 0. The van der Waals surface area contributed by atoms with E-state index >= 15 is 0 Å². The van der Waals surface area contributed by atoms with Gasteiger partial charge in [0.2, 0.25) is 5.91 Å². The summed E-state index contributed by atoms with van der Waals surface area (Å²) in [5.41, 5.74) is 5.33. The SMILES string of the molecule is CCCCN(CC(C)C)C(=O)CN. The first kappa shape index (κ1) is 12.4. The van der Waals surface area contributed by atoms with Gasteiger partial charge >= 0.3 is 0 Å². The van der Waals surface area contributed by atoms with Crippen LogP contribution >= 0.6 is 0 Å². The predicted octanol–water partition coefficient (Wildman–Crippen LogP) is 1.23. The highest BCUT2D eigenvalue weighted by molar-refractivity contribution is 5.77. The highest BCUT2D eigenvalue weighted by atomic mass is 16.2. The topological polar surface area (TPSA) is 46.3 Å². The Labute approximate surface area is 81.3 Å². The summed E-state index contributed by atoms with van der Waals surface area (Å²) in [5.74, 6) is 0.592. The predicted molar refractivity (Wildman–Crippen MR) is 55.4 cm³/mol. The van der Waals surface area contributed by atoms with E-state index in [-0.39, 0.29) is 12.5 Å². The first-order valence-corrected chi connectivity index (χ1v) is 5.09. The number of hydrogen-bond acceptors (Lipinski definition) is 2. The third kappa shape index (κ3) is 5.64. The Bertz CT molecular complexity index is 146. The summed E-state index contributed by atoms with van der Waals surface area (Å²) < 4.78 is 0. The highest BCUT2D eigenvalue weighted by Gasteiger charge is 2.11. The molecule has 0 atom stereocenters. The lowest BCUT2D eigenvalue weighted by Gasteiger charge is -2.23. The third-order valence-electron chi connectivity index (χ3n) is 1.89. The van der Waals surface area contributed by atoms with E-state index in [0.29, 0.717) is 5.92 Å². The Balaban J connectivity index is 3.94. The highest BCUT2D eigenvalue weighted by Crippen LogP contribution is 2.01. The smallest absolute Gasteiger partial charge is 0.236 e. The fourth-order valence-corrected chi connectivity index (χ4v) is 1.24. The molecule has 0 radical (unpaired) electrons. The van der Waals surface area contributed by atoms with E-state index in [1.807, 2.05) is 4.90 Å². The van der Waals surface area contributed by atoms with Crippen LogP contribution in [0, 0.1) is 5.92 Å². The van der Waals surface area contributed by atoms with Crippen molar-refractivity contribution in [3.8, 4) is 0 Å². The lowest BCUT2D eigenvalue weighted by Crippen LogP contribution is -2.39. The molecule has 0 aliphatic heterocycles. The van der Waals surface area contributed by atoms with Crippen LogP contribution in [0.3, 0.4) is 0 Å². The van der Waals surface area contributed by atoms with Gasteiger partial charge in [-0.25, -0.2) is 0 Å². The Hall–Kier alpha value is -0.570. The number of unbranched alkanes of at least 4 members (excludes halogenated alkanes) is 1. The average Bonchev–Trinajstić information content (AvgIpc) is 2.10. The van der Waals surface area contributed by atoms with E-state index in [2.05, 4.69) is 20.8 Å². The largest absolute Gasteiger partial charge is 0.341 e. The molecule has 3 heteroatoms. The minimum Gasteiger partial charge on any atom is -0.341 e.